The molecule has 0 amide bonds. The zero-order chi connectivity index (χ0) is 18.4. The Hall–Kier alpha value is -2.11. The molecule has 2 aromatic carbocycles. The van der Waals surface area contributed by atoms with Crippen LogP contribution in [0.1, 0.15) is 24.3 Å². The van der Waals surface area contributed by atoms with Crippen molar-refractivity contribution >= 4 is 0 Å². The minimum absolute atomic E-state index is 0.210. The van der Waals surface area contributed by atoms with Crippen LogP contribution < -0.4 is 9.47 Å². The largest absolute Gasteiger partial charge is 0.497 e. The Kier molecular flexibility index (Phi) is 6.47. The lowest BCUT2D eigenvalue weighted by atomic mass is 9.89. The van der Waals surface area contributed by atoms with E-state index >= 15 is 0 Å². The number of rotatable bonds is 7. The predicted octanol–water partition coefficient (Wildman–Crippen LogP) is 3.45. The smallest absolute Gasteiger partial charge is 0.123 e. The first kappa shape index (κ1) is 18.7. The van der Waals surface area contributed by atoms with E-state index in [1.807, 2.05) is 12.1 Å². The van der Waals surface area contributed by atoms with E-state index in [4.69, 9.17) is 9.47 Å². The molecule has 1 unspecified atom stereocenters. The zero-order valence-corrected chi connectivity index (χ0v) is 15.1. The number of ether oxygens (including phenoxy) is 2. The van der Waals surface area contributed by atoms with Crippen LogP contribution in [-0.2, 0) is 0 Å². The first-order chi connectivity index (χ1) is 12.6. The number of hydrogen-bond donors (Lipinski definition) is 1. The van der Waals surface area contributed by atoms with Gasteiger partial charge >= 0.3 is 0 Å². The van der Waals surface area contributed by atoms with Crippen molar-refractivity contribution in [3.63, 3.8) is 0 Å². The first-order valence-electron chi connectivity index (χ1n) is 9.07. The molecule has 26 heavy (non-hydrogen) atoms. The third kappa shape index (κ3) is 5.19. The second-order valence-electron chi connectivity index (χ2n) is 6.77. The van der Waals surface area contributed by atoms with Crippen molar-refractivity contribution in [3.8, 4) is 11.5 Å². The summed E-state index contributed by atoms with van der Waals surface area (Å²) in [4.78, 5) is 2.27. The van der Waals surface area contributed by atoms with Crippen molar-refractivity contribution < 1.29 is 19.0 Å². The predicted molar refractivity (Wildman–Crippen MR) is 99.3 cm³/mol. The number of aliphatic hydroxyl groups is 1. The Bertz CT molecular complexity index is 684. The summed E-state index contributed by atoms with van der Waals surface area (Å²) in [5, 5.41) is 10.2. The summed E-state index contributed by atoms with van der Waals surface area (Å²) in [6.07, 6.45) is 1.57. The molecule has 1 N–H and O–H groups in total. The number of β-amino-alcohol motifs (C(OH)–C–C–N with tert-alkyl or cyclic N) is 1. The van der Waals surface area contributed by atoms with Crippen LogP contribution in [0.5, 0.6) is 11.5 Å². The lowest BCUT2D eigenvalue weighted by molar-refractivity contribution is 0.0594. The molecule has 0 saturated carbocycles. The van der Waals surface area contributed by atoms with E-state index in [2.05, 4.69) is 17.0 Å². The highest BCUT2D eigenvalue weighted by molar-refractivity contribution is 5.31. The van der Waals surface area contributed by atoms with E-state index in [-0.39, 0.29) is 12.4 Å². The lowest BCUT2D eigenvalue weighted by Crippen LogP contribution is -2.40. The molecule has 0 radical (unpaired) electrons. The van der Waals surface area contributed by atoms with Crippen molar-refractivity contribution in [1.82, 2.24) is 4.90 Å². The first-order valence-corrected chi connectivity index (χ1v) is 9.07. The summed E-state index contributed by atoms with van der Waals surface area (Å²) < 4.78 is 23.7. The third-order valence-electron chi connectivity index (χ3n) is 4.88. The Labute approximate surface area is 154 Å². The highest BCUT2D eigenvalue weighted by atomic mass is 19.1. The molecule has 140 valence electrons. The molecule has 1 saturated heterocycles. The number of piperidine rings is 1. The van der Waals surface area contributed by atoms with E-state index in [0.29, 0.717) is 18.2 Å². The summed E-state index contributed by atoms with van der Waals surface area (Å²) in [6, 6.07) is 14.1. The van der Waals surface area contributed by atoms with Crippen molar-refractivity contribution in [2.75, 3.05) is 33.4 Å². The minimum Gasteiger partial charge on any atom is -0.497 e. The number of likely N-dealkylation sites (tertiary alicyclic amines) is 1. The summed E-state index contributed by atoms with van der Waals surface area (Å²) in [5.74, 6) is 1.71. The fourth-order valence-corrected chi connectivity index (χ4v) is 3.42. The molecular formula is C21H26FNO3. The van der Waals surface area contributed by atoms with Gasteiger partial charge in [0.05, 0.1) is 7.11 Å². The van der Waals surface area contributed by atoms with Crippen LogP contribution in [-0.4, -0.2) is 49.5 Å². The lowest BCUT2D eigenvalue weighted by Gasteiger charge is -2.33. The topological polar surface area (TPSA) is 41.9 Å². The number of benzene rings is 2. The van der Waals surface area contributed by atoms with Crippen LogP contribution in [0.4, 0.5) is 4.39 Å². The molecule has 0 aromatic heterocycles. The SMILES string of the molecule is COc1cccc(C2CCN(CC(O)COc3ccc(F)cc3)CC2)c1. The van der Waals surface area contributed by atoms with Gasteiger partial charge in [-0.1, -0.05) is 12.1 Å². The molecule has 1 heterocycles. The molecule has 1 atom stereocenters. The minimum atomic E-state index is -0.562. The number of halogens is 1. The van der Waals surface area contributed by atoms with Gasteiger partial charge in [0.25, 0.3) is 0 Å². The fraction of sp³-hybridized carbons (Fsp3) is 0.429. The number of hydrogen-bond acceptors (Lipinski definition) is 4. The van der Waals surface area contributed by atoms with Gasteiger partial charge in [0, 0.05) is 6.54 Å². The number of methoxy groups -OCH3 is 1. The van der Waals surface area contributed by atoms with Crippen molar-refractivity contribution in [1.29, 1.82) is 0 Å². The van der Waals surface area contributed by atoms with Gasteiger partial charge in [-0.2, -0.15) is 0 Å². The Morgan fingerprint density at radius 2 is 1.85 bits per heavy atom. The molecule has 1 aliphatic rings. The standard InChI is InChI=1S/C21H26FNO3/c1-25-21-4-2-3-17(13-21)16-9-11-23(12-10-16)14-19(24)15-26-20-7-5-18(22)6-8-20/h2-8,13,16,19,24H,9-12,14-15H2,1H3. The van der Waals surface area contributed by atoms with Crippen LogP contribution in [0.15, 0.2) is 48.5 Å². The van der Waals surface area contributed by atoms with Gasteiger partial charge in [-0.15, -0.1) is 0 Å². The maximum Gasteiger partial charge on any atom is 0.123 e. The highest BCUT2D eigenvalue weighted by Crippen LogP contribution is 2.30. The van der Waals surface area contributed by atoms with E-state index in [0.717, 1.165) is 31.7 Å². The quantitative estimate of drug-likeness (QED) is 0.822. The normalized spacial score (nSPS) is 17.0. The molecule has 1 fully saturated rings. The molecule has 0 spiro atoms. The van der Waals surface area contributed by atoms with Crippen molar-refractivity contribution in [3.05, 3.63) is 59.9 Å². The summed E-state index contributed by atoms with van der Waals surface area (Å²) in [6.45, 7) is 2.71. The van der Waals surface area contributed by atoms with Crippen LogP contribution in [0.2, 0.25) is 0 Å². The molecular weight excluding hydrogens is 333 g/mol. The van der Waals surface area contributed by atoms with Crippen LogP contribution in [0.25, 0.3) is 0 Å². The van der Waals surface area contributed by atoms with E-state index < -0.39 is 6.10 Å². The van der Waals surface area contributed by atoms with E-state index in [9.17, 15) is 9.50 Å². The van der Waals surface area contributed by atoms with Gasteiger partial charge in [0.1, 0.15) is 30.0 Å². The van der Waals surface area contributed by atoms with Gasteiger partial charge in [-0.3, -0.25) is 0 Å². The summed E-state index contributed by atoms with van der Waals surface area (Å²) >= 11 is 0. The third-order valence-corrected chi connectivity index (χ3v) is 4.88. The Morgan fingerprint density at radius 1 is 1.12 bits per heavy atom. The highest BCUT2D eigenvalue weighted by Gasteiger charge is 2.22. The second-order valence-corrected chi connectivity index (χ2v) is 6.77. The zero-order valence-electron chi connectivity index (χ0n) is 15.1. The number of nitrogens with zero attached hydrogens (tertiary/aromatic N) is 1. The van der Waals surface area contributed by atoms with Crippen LogP contribution >= 0.6 is 0 Å². The molecule has 2 aromatic rings. The van der Waals surface area contributed by atoms with Gasteiger partial charge in [0.2, 0.25) is 0 Å². The van der Waals surface area contributed by atoms with E-state index in [1.54, 1.807) is 19.2 Å². The van der Waals surface area contributed by atoms with Crippen LogP contribution in [0, 0.1) is 5.82 Å². The molecule has 4 nitrogen and oxygen atoms in total. The average Bonchev–Trinajstić information content (AvgIpc) is 2.68. The molecule has 3 rings (SSSR count). The summed E-state index contributed by atoms with van der Waals surface area (Å²) in [7, 11) is 1.69. The second kappa shape index (κ2) is 9.01. The number of aliphatic hydroxyl groups excluding tert-OH is 1. The fourth-order valence-electron chi connectivity index (χ4n) is 3.42. The molecule has 0 aliphatic carbocycles. The van der Waals surface area contributed by atoms with Crippen molar-refractivity contribution in [2.45, 2.75) is 24.9 Å². The van der Waals surface area contributed by atoms with E-state index in [1.165, 1.54) is 17.7 Å². The molecule has 0 bridgehead atoms. The maximum atomic E-state index is 12.9. The summed E-state index contributed by atoms with van der Waals surface area (Å²) in [5.41, 5.74) is 1.32. The Balaban J connectivity index is 1.42. The van der Waals surface area contributed by atoms with Gasteiger partial charge in [0.15, 0.2) is 0 Å². The van der Waals surface area contributed by atoms with Gasteiger partial charge in [-0.05, 0) is 73.8 Å². The van der Waals surface area contributed by atoms with Crippen molar-refractivity contribution in [2.24, 2.45) is 0 Å². The molecule has 1 aliphatic heterocycles. The molecule has 5 heteroatoms. The Morgan fingerprint density at radius 3 is 2.54 bits per heavy atom. The van der Waals surface area contributed by atoms with Gasteiger partial charge < -0.3 is 19.5 Å². The monoisotopic (exact) mass is 359 g/mol. The average molecular weight is 359 g/mol. The van der Waals surface area contributed by atoms with Gasteiger partial charge in [-0.25, -0.2) is 4.39 Å². The van der Waals surface area contributed by atoms with Crippen LogP contribution in [0.3, 0.4) is 0 Å². The maximum absolute atomic E-state index is 12.9.